The van der Waals surface area contributed by atoms with Crippen molar-refractivity contribution in [2.75, 3.05) is 30.3 Å². The molecular formula is C17H17N5O4. The van der Waals surface area contributed by atoms with Crippen LogP contribution in [0.2, 0.25) is 0 Å². The highest BCUT2D eigenvalue weighted by Crippen LogP contribution is 2.29. The number of nitrogens with zero attached hydrogens (tertiary/aromatic N) is 2. The first kappa shape index (κ1) is 17.2. The summed E-state index contributed by atoms with van der Waals surface area (Å²) in [6.45, 7) is 0.573. The standard InChI is InChI=1S/C17H17N5O4/c23-16(21-9-8-18-17(21)24)11-19-15-10-13(22(25)26)6-7-14(15)20-12-4-2-1-3-5-12/h1-7,10,19-20H,8-9,11H2,(H,18,24). The molecule has 1 aliphatic rings. The Bertz CT molecular complexity index is 840. The molecular weight excluding hydrogens is 338 g/mol. The van der Waals surface area contributed by atoms with E-state index in [1.165, 1.54) is 12.1 Å². The van der Waals surface area contributed by atoms with Crippen molar-refractivity contribution in [1.82, 2.24) is 10.2 Å². The van der Waals surface area contributed by atoms with Crippen LogP contribution in [0, 0.1) is 10.1 Å². The number of nitro benzene ring substituents is 1. The molecule has 3 amide bonds. The van der Waals surface area contributed by atoms with Crippen LogP contribution < -0.4 is 16.0 Å². The van der Waals surface area contributed by atoms with Gasteiger partial charge in [-0.05, 0) is 18.2 Å². The molecule has 0 saturated carbocycles. The van der Waals surface area contributed by atoms with E-state index in [1.807, 2.05) is 30.3 Å². The monoisotopic (exact) mass is 355 g/mol. The molecule has 0 unspecified atom stereocenters. The first-order valence-electron chi connectivity index (χ1n) is 7.97. The van der Waals surface area contributed by atoms with Gasteiger partial charge in [0, 0.05) is 30.9 Å². The Labute approximate surface area is 149 Å². The number of benzene rings is 2. The Morgan fingerprint density at radius 1 is 1.19 bits per heavy atom. The van der Waals surface area contributed by atoms with E-state index in [4.69, 9.17) is 0 Å². The molecule has 0 bridgehead atoms. The van der Waals surface area contributed by atoms with Gasteiger partial charge in [-0.3, -0.25) is 19.8 Å². The SMILES string of the molecule is O=C(CNc1cc([N+](=O)[O-])ccc1Nc1ccccc1)N1CCNC1=O. The Hall–Kier alpha value is -3.62. The summed E-state index contributed by atoms with van der Waals surface area (Å²) in [7, 11) is 0. The highest BCUT2D eigenvalue weighted by atomic mass is 16.6. The minimum atomic E-state index is -0.507. The van der Waals surface area contributed by atoms with E-state index >= 15 is 0 Å². The summed E-state index contributed by atoms with van der Waals surface area (Å²) in [6, 6.07) is 13.2. The van der Waals surface area contributed by atoms with E-state index in [1.54, 1.807) is 6.07 Å². The van der Waals surface area contributed by atoms with Crippen LogP contribution in [0.25, 0.3) is 0 Å². The van der Waals surface area contributed by atoms with E-state index in [9.17, 15) is 19.7 Å². The van der Waals surface area contributed by atoms with Crippen LogP contribution in [0.5, 0.6) is 0 Å². The normalized spacial score (nSPS) is 13.2. The van der Waals surface area contributed by atoms with E-state index in [-0.39, 0.29) is 12.2 Å². The van der Waals surface area contributed by atoms with E-state index in [2.05, 4.69) is 16.0 Å². The molecule has 3 N–H and O–H groups in total. The number of urea groups is 1. The maximum Gasteiger partial charge on any atom is 0.324 e. The van der Waals surface area contributed by atoms with Crippen LogP contribution in [-0.4, -0.2) is 41.4 Å². The number of imide groups is 1. The van der Waals surface area contributed by atoms with Crippen molar-refractivity contribution in [3.8, 4) is 0 Å². The minimum absolute atomic E-state index is 0.0996. The summed E-state index contributed by atoms with van der Waals surface area (Å²) >= 11 is 0. The highest BCUT2D eigenvalue weighted by Gasteiger charge is 2.25. The topological polar surface area (TPSA) is 117 Å². The lowest BCUT2D eigenvalue weighted by molar-refractivity contribution is -0.384. The summed E-state index contributed by atoms with van der Waals surface area (Å²) < 4.78 is 0. The van der Waals surface area contributed by atoms with Crippen LogP contribution in [0.1, 0.15) is 0 Å². The van der Waals surface area contributed by atoms with Crippen LogP contribution in [0.3, 0.4) is 0 Å². The number of anilines is 3. The van der Waals surface area contributed by atoms with Gasteiger partial charge in [0.05, 0.1) is 22.8 Å². The highest BCUT2D eigenvalue weighted by molar-refractivity contribution is 5.98. The lowest BCUT2D eigenvalue weighted by atomic mass is 10.2. The maximum atomic E-state index is 12.2. The molecule has 9 heteroatoms. The van der Waals surface area contributed by atoms with Gasteiger partial charge in [0.25, 0.3) is 5.69 Å². The fraction of sp³-hybridized carbons (Fsp3) is 0.176. The van der Waals surface area contributed by atoms with Gasteiger partial charge >= 0.3 is 6.03 Å². The number of rotatable bonds is 6. The van der Waals surface area contributed by atoms with Crippen LogP contribution >= 0.6 is 0 Å². The van der Waals surface area contributed by atoms with Gasteiger partial charge in [-0.25, -0.2) is 4.79 Å². The number of hydrogen-bond donors (Lipinski definition) is 3. The van der Waals surface area contributed by atoms with Crippen molar-refractivity contribution in [3.63, 3.8) is 0 Å². The molecule has 2 aromatic carbocycles. The van der Waals surface area contributed by atoms with E-state index < -0.39 is 16.9 Å². The third-order valence-electron chi connectivity index (χ3n) is 3.85. The average molecular weight is 355 g/mol. The molecule has 0 aromatic heterocycles. The summed E-state index contributed by atoms with van der Waals surface area (Å²) in [6.07, 6.45) is 0. The quantitative estimate of drug-likeness (QED) is 0.541. The molecule has 134 valence electrons. The second-order valence-corrected chi connectivity index (χ2v) is 5.61. The molecule has 0 spiro atoms. The predicted molar refractivity (Wildman–Crippen MR) is 96.4 cm³/mol. The second-order valence-electron chi connectivity index (χ2n) is 5.61. The third-order valence-corrected chi connectivity index (χ3v) is 3.85. The largest absolute Gasteiger partial charge is 0.374 e. The van der Waals surface area contributed by atoms with Crippen molar-refractivity contribution >= 4 is 34.7 Å². The molecule has 1 saturated heterocycles. The van der Waals surface area contributed by atoms with Gasteiger partial charge in [0.15, 0.2) is 0 Å². The van der Waals surface area contributed by atoms with Crippen LogP contribution in [0.15, 0.2) is 48.5 Å². The molecule has 3 rings (SSSR count). The van der Waals surface area contributed by atoms with Crippen molar-refractivity contribution in [1.29, 1.82) is 0 Å². The van der Waals surface area contributed by atoms with Crippen molar-refractivity contribution in [2.24, 2.45) is 0 Å². The van der Waals surface area contributed by atoms with Gasteiger partial charge in [0.2, 0.25) is 5.91 Å². The van der Waals surface area contributed by atoms with Gasteiger partial charge in [-0.1, -0.05) is 18.2 Å². The smallest absolute Gasteiger partial charge is 0.324 e. The fourth-order valence-corrected chi connectivity index (χ4v) is 2.55. The van der Waals surface area contributed by atoms with Crippen LogP contribution in [0.4, 0.5) is 27.5 Å². The molecule has 1 heterocycles. The molecule has 26 heavy (non-hydrogen) atoms. The maximum absolute atomic E-state index is 12.2. The summed E-state index contributed by atoms with van der Waals surface area (Å²) in [5.41, 5.74) is 1.68. The zero-order valence-corrected chi connectivity index (χ0v) is 13.8. The Morgan fingerprint density at radius 3 is 2.62 bits per heavy atom. The lowest BCUT2D eigenvalue weighted by Gasteiger charge is -2.16. The minimum Gasteiger partial charge on any atom is -0.374 e. The zero-order valence-electron chi connectivity index (χ0n) is 13.8. The number of nitro groups is 1. The second kappa shape index (κ2) is 7.51. The van der Waals surface area contributed by atoms with Gasteiger partial charge in [0.1, 0.15) is 0 Å². The van der Waals surface area contributed by atoms with E-state index in [0.29, 0.717) is 24.5 Å². The molecule has 1 fully saturated rings. The molecule has 0 atom stereocenters. The summed E-state index contributed by atoms with van der Waals surface area (Å²) in [5, 5.41) is 19.6. The number of carbonyl (C=O) groups is 2. The number of non-ortho nitro benzene ring substituents is 1. The Morgan fingerprint density at radius 2 is 1.96 bits per heavy atom. The van der Waals surface area contributed by atoms with E-state index in [0.717, 1.165) is 10.6 Å². The summed E-state index contributed by atoms with van der Waals surface area (Å²) in [5.74, 6) is -0.405. The van der Waals surface area contributed by atoms with Gasteiger partial charge in [-0.15, -0.1) is 0 Å². The molecule has 1 aliphatic heterocycles. The number of nitrogens with one attached hydrogen (secondary N) is 3. The first-order chi connectivity index (χ1) is 12.5. The summed E-state index contributed by atoms with van der Waals surface area (Å²) in [4.78, 5) is 35.4. The molecule has 0 aliphatic carbocycles. The number of carbonyl (C=O) groups excluding carboxylic acids is 2. The number of amides is 3. The molecule has 0 radical (unpaired) electrons. The molecule has 9 nitrogen and oxygen atoms in total. The van der Waals surface area contributed by atoms with Gasteiger partial charge in [-0.2, -0.15) is 0 Å². The first-order valence-corrected chi connectivity index (χ1v) is 7.97. The number of hydrogen-bond acceptors (Lipinski definition) is 6. The van der Waals surface area contributed by atoms with Crippen molar-refractivity contribution in [3.05, 3.63) is 58.6 Å². The fourth-order valence-electron chi connectivity index (χ4n) is 2.55. The lowest BCUT2D eigenvalue weighted by Crippen LogP contribution is -2.38. The van der Waals surface area contributed by atoms with Gasteiger partial charge < -0.3 is 16.0 Å². The Balaban J connectivity index is 1.78. The average Bonchev–Trinajstić information content (AvgIpc) is 3.07. The Kier molecular flexibility index (Phi) is 4.97. The number of para-hydroxylation sites is 1. The zero-order chi connectivity index (χ0) is 18.5. The molecule has 2 aromatic rings. The van der Waals surface area contributed by atoms with Crippen molar-refractivity contribution in [2.45, 2.75) is 0 Å². The predicted octanol–water partition coefficient (Wildman–Crippen LogP) is 2.30. The van der Waals surface area contributed by atoms with Crippen molar-refractivity contribution < 1.29 is 14.5 Å². The van der Waals surface area contributed by atoms with Crippen LogP contribution in [-0.2, 0) is 4.79 Å². The third kappa shape index (κ3) is 3.89.